The van der Waals surface area contributed by atoms with Gasteiger partial charge in [0.2, 0.25) is 5.43 Å². The summed E-state index contributed by atoms with van der Waals surface area (Å²) in [4.78, 5) is 24.3. The molecule has 0 aliphatic carbocycles. The smallest absolute Gasteiger partial charge is 0.346 e. The number of hydrogen-bond acceptors (Lipinski definition) is 3. The summed E-state index contributed by atoms with van der Waals surface area (Å²) >= 11 is 0. The molecule has 0 atom stereocenters. The van der Waals surface area contributed by atoms with E-state index in [2.05, 4.69) is 10.4 Å². The number of nitrogens with one attached hydrogen (secondary N) is 1. The van der Waals surface area contributed by atoms with Gasteiger partial charge in [0, 0.05) is 17.3 Å². The van der Waals surface area contributed by atoms with E-state index < -0.39 is 34.3 Å². The molecule has 1 aromatic carbocycles. The predicted molar refractivity (Wildman–Crippen MR) is 86.8 cm³/mol. The molecular formula is C17H18F3N3O2. The second-order valence-corrected chi connectivity index (χ2v) is 6.63. The van der Waals surface area contributed by atoms with Crippen LogP contribution in [0.1, 0.15) is 42.5 Å². The maximum Gasteiger partial charge on any atom is 0.418 e. The molecule has 5 nitrogen and oxygen atoms in total. The minimum atomic E-state index is -4.60. The number of halogens is 3. The van der Waals surface area contributed by atoms with Gasteiger partial charge in [0.25, 0.3) is 5.91 Å². The minimum absolute atomic E-state index is 0.189. The van der Waals surface area contributed by atoms with Crippen LogP contribution in [0.4, 0.5) is 13.2 Å². The molecule has 8 heteroatoms. The third-order valence-corrected chi connectivity index (χ3v) is 3.25. The fourth-order valence-corrected chi connectivity index (χ4v) is 2.25. The van der Waals surface area contributed by atoms with E-state index in [-0.39, 0.29) is 11.4 Å². The maximum absolute atomic E-state index is 13.2. The van der Waals surface area contributed by atoms with Crippen molar-refractivity contribution in [2.45, 2.75) is 39.4 Å². The zero-order chi connectivity index (χ0) is 19.0. The molecule has 1 aromatic heterocycles. The Kier molecular flexibility index (Phi) is 4.74. The van der Waals surface area contributed by atoms with Crippen molar-refractivity contribution < 1.29 is 18.0 Å². The number of rotatable bonds is 2. The van der Waals surface area contributed by atoms with Gasteiger partial charge in [-0.15, -0.1) is 0 Å². The Balaban J connectivity index is 2.64. The highest BCUT2D eigenvalue weighted by Crippen LogP contribution is 2.33. The summed E-state index contributed by atoms with van der Waals surface area (Å²) in [5.41, 5.74) is -2.70. The van der Waals surface area contributed by atoms with Crippen molar-refractivity contribution in [1.82, 2.24) is 15.1 Å². The van der Waals surface area contributed by atoms with Gasteiger partial charge in [-0.05, 0) is 39.8 Å². The largest absolute Gasteiger partial charge is 0.418 e. The molecule has 0 aliphatic heterocycles. The van der Waals surface area contributed by atoms with Gasteiger partial charge >= 0.3 is 6.18 Å². The topological polar surface area (TPSA) is 64.0 Å². The van der Waals surface area contributed by atoms with Crippen LogP contribution in [0.2, 0.25) is 0 Å². The third kappa shape index (κ3) is 4.26. The van der Waals surface area contributed by atoms with Crippen molar-refractivity contribution in [1.29, 1.82) is 0 Å². The third-order valence-electron chi connectivity index (χ3n) is 3.25. The van der Waals surface area contributed by atoms with Gasteiger partial charge in [-0.3, -0.25) is 9.59 Å². The van der Waals surface area contributed by atoms with Crippen LogP contribution >= 0.6 is 0 Å². The van der Waals surface area contributed by atoms with Crippen molar-refractivity contribution in [2.75, 3.05) is 0 Å². The molecule has 1 amide bonds. The van der Waals surface area contributed by atoms with Gasteiger partial charge in [-0.2, -0.15) is 18.3 Å². The highest BCUT2D eigenvalue weighted by Gasteiger charge is 2.34. The Labute approximate surface area is 142 Å². The van der Waals surface area contributed by atoms with E-state index in [9.17, 15) is 22.8 Å². The van der Waals surface area contributed by atoms with E-state index in [1.807, 2.05) is 0 Å². The van der Waals surface area contributed by atoms with Crippen LogP contribution in [0.5, 0.6) is 0 Å². The van der Waals surface area contributed by atoms with Crippen LogP contribution in [0.3, 0.4) is 0 Å². The van der Waals surface area contributed by atoms with Crippen LogP contribution in [-0.4, -0.2) is 21.2 Å². The minimum Gasteiger partial charge on any atom is -0.346 e. The summed E-state index contributed by atoms with van der Waals surface area (Å²) in [6.45, 7) is 6.61. The molecule has 0 spiro atoms. The molecule has 0 aliphatic rings. The lowest BCUT2D eigenvalue weighted by Crippen LogP contribution is -2.43. The van der Waals surface area contributed by atoms with Crippen molar-refractivity contribution in [3.05, 3.63) is 57.5 Å². The van der Waals surface area contributed by atoms with Gasteiger partial charge in [0.05, 0.1) is 11.3 Å². The number of carbonyl (C=O) groups excluding carboxylic acids is 1. The highest BCUT2D eigenvalue weighted by atomic mass is 19.4. The van der Waals surface area contributed by atoms with E-state index in [4.69, 9.17) is 0 Å². The summed E-state index contributed by atoms with van der Waals surface area (Å²) in [5, 5.41) is 6.47. The summed E-state index contributed by atoms with van der Waals surface area (Å²) in [6, 6.07) is 5.94. The van der Waals surface area contributed by atoms with E-state index in [0.717, 1.165) is 16.8 Å². The number of aryl methyl sites for hydroxylation is 1. The lowest BCUT2D eigenvalue weighted by molar-refractivity contribution is -0.137. The lowest BCUT2D eigenvalue weighted by atomic mass is 10.1. The number of carbonyl (C=O) groups is 1. The Morgan fingerprint density at radius 1 is 1.16 bits per heavy atom. The van der Waals surface area contributed by atoms with Gasteiger partial charge in [-0.1, -0.05) is 12.1 Å². The second kappa shape index (κ2) is 6.34. The van der Waals surface area contributed by atoms with E-state index >= 15 is 0 Å². The summed E-state index contributed by atoms with van der Waals surface area (Å²) in [5.74, 6) is -0.740. The van der Waals surface area contributed by atoms with Gasteiger partial charge in [0.1, 0.15) is 0 Å². The van der Waals surface area contributed by atoms with Crippen LogP contribution in [0, 0.1) is 6.92 Å². The molecule has 25 heavy (non-hydrogen) atoms. The molecule has 0 saturated heterocycles. The van der Waals surface area contributed by atoms with Crippen molar-refractivity contribution >= 4 is 5.91 Å². The summed E-state index contributed by atoms with van der Waals surface area (Å²) in [6.07, 6.45) is -4.60. The monoisotopic (exact) mass is 353 g/mol. The summed E-state index contributed by atoms with van der Waals surface area (Å²) < 4.78 is 40.7. The Bertz CT molecular complexity index is 865. The molecule has 1 N–H and O–H groups in total. The van der Waals surface area contributed by atoms with Crippen molar-refractivity contribution in [2.24, 2.45) is 0 Å². The number of benzene rings is 1. The molecule has 134 valence electrons. The van der Waals surface area contributed by atoms with Crippen molar-refractivity contribution in [3.8, 4) is 5.69 Å². The molecule has 0 saturated carbocycles. The molecule has 0 radical (unpaired) electrons. The van der Waals surface area contributed by atoms with E-state index in [1.165, 1.54) is 25.1 Å². The lowest BCUT2D eigenvalue weighted by Gasteiger charge is -2.21. The second-order valence-electron chi connectivity index (χ2n) is 6.63. The van der Waals surface area contributed by atoms with Gasteiger partial charge in [0.15, 0.2) is 5.69 Å². The van der Waals surface area contributed by atoms with Gasteiger partial charge in [-0.25, -0.2) is 4.68 Å². The molecular weight excluding hydrogens is 335 g/mol. The standard InChI is InChI=1S/C17H18F3N3O2/c1-10-9-13(24)14(15(25)21-16(2,3)4)22-23(10)12-8-6-5-7-11(12)17(18,19)20/h5-9H,1-4H3,(H,21,25). The van der Waals surface area contributed by atoms with E-state index in [0.29, 0.717) is 0 Å². The Morgan fingerprint density at radius 3 is 2.32 bits per heavy atom. The first-order valence-electron chi connectivity index (χ1n) is 7.50. The fourth-order valence-electron chi connectivity index (χ4n) is 2.25. The SMILES string of the molecule is Cc1cc(=O)c(C(=O)NC(C)(C)C)nn1-c1ccccc1C(F)(F)F. The quantitative estimate of drug-likeness (QED) is 0.902. The number of hydrogen-bond donors (Lipinski definition) is 1. The molecule has 2 rings (SSSR count). The van der Waals surface area contributed by atoms with Gasteiger partial charge < -0.3 is 5.32 Å². The average Bonchev–Trinajstić information content (AvgIpc) is 2.44. The average molecular weight is 353 g/mol. The molecule has 0 fully saturated rings. The zero-order valence-corrected chi connectivity index (χ0v) is 14.2. The first kappa shape index (κ1) is 18.7. The van der Waals surface area contributed by atoms with Crippen LogP contribution in [0.15, 0.2) is 35.1 Å². The first-order chi connectivity index (χ1) is 11.4. The van der Waals surface area contributed by atoms with Crippen molar-refractivity contribution in [3.63, 3.8) is 0 Å². The number of amides is 1. The summed E-state index contributed by atoms with van der Waals surface area (Å²) in [7, 11) is 0. The molecule has 0 unspecified atom stereocenters. The molecule has 2 aromatic rings. The number of aromatic nitrogens is 2. The molecule has 1 heterocycles. The van der Waals surface area contributed by atoms with Crippen LogP contribution in [-0.2, 0) is 6.18 Å². The normalized spacial score (nSPS) is 12.1. The Morgan fingerprint density at radius 2 is 1.76 bits per heavy atom. The molecule has 0 bridgehead atoms. The highest BCUT2D eigenvalue weighted by molar-refractivity contribution is 5.92. The Hall–Kier alpha value is -2.64. The predicted octanol–water partition coefficient (Wildman–Crippen LogP) is 3.09. The maximum atomic E-state index is 13.2. The number of para-hydroxylation sites is 1. The number of alkyl halides is 3. The first-order valence-corrected chi connectivity index (χ1v) is 7.50. The van der Waals surface area contributed by atoms with E-state index in [1.54, 1.807) is 20.8 Å². The van der Waals surface area contributed by atoms with Crippen LogP contribution < -0.4 is 10.7 Å². The zero-order valence-electron chi connectivity index (χ0n) is 14.2. The van der Waals surface area contributed by atoms with Crippen LogP contribution in [0.25, 0.3) is 5.69 Å². The number of nitrogens with zero attached hydrogens (tertiary/aromatic N) is 2. The fraction of sp³-hybridized carbons (Fsp3) is 0.353.